The van der Waals surface area contributed by atoms with Gasteiger partial charge in [0.25, 0.3) is 11.5 Å². The number of anilines is 2. The molecule has 2 aromatic carbocycles. The molecule has 0 radical (unpaired) electrons. The summed E-state index contributed by atoms with van der Waals surface area (Å²) in [5.74, 6) is -0.886. The van der Waals surface area contributed by atoms with Gasteiger partial charge in [0.2, 0.25) is 10.0 Å². The maximum Gasteiger partial charge on any atom is 0.276 e. The van der Waals surface area contributed by atoms with Gasteiger partial charge in [0, 0.05) is 17.8 Å². The first-order valence-corrected chi connectivity index (χ1v) is 10.4. The summed E-state index contributed by atoms with van der Waals surface area (Å²) in [7, 11) is -2.15. The van der Waals surface area contributed by atoms with Crippen LogP contribution in [-0.2, 0) is 10.0 Å². The van der Waals surface area contributed by atoms with Crippen molar-refractivity contribution < 1.29 is 22.3 Å². The van der Waals surface area contributed by atoms with Crippen molar-refractivity contribution in [1.82, 2.24) is 9.78 Å². The summed E-state index contributed by atoms with van der Waals surface area (Å²) in [5.41, 5.74) is 0.277. The van der Waals surface area contributed by atoms with Gasteiger partial charge in [-0.25, -0.2) is 12.8 Å². The third-order valence-corrected chi connectivity index (χ3v) is 4.45. The van der Waals surface area contributed by atoms with Gasteiger partial charge in [0.1, 0.15) is 17.3 Å². The molecule has 2 N–H and O–H groups in total. The van der Waals surface area contributed by atoms with Gasteiger partial charge in [0.05, 0.1) is 24.7 Å². The Morgan fingerprint density at radius 2 is 1.80 bits per heavy atom. The van der Waals surface area contributed by atoms with Crippen molar-refractivity contribution in [2.45, 2.75) is 0 Å². The smallest absolute Gasteiger partial charge is 0.276 e. The lowest BCUT2D eigenvalue weighted by molar-refractivity contribution is 0.102. The van der Waals surface area contributed by atoms with E-state index in [0.717, 1.165) is 10.9 Å². The Kier molecular flexibility index (Phi) is 5.83. The first kappa shape index (κ1) is 21.0. The highest BCUT2D eigenvalue weighted by Gasteiger charge is 2.14. The Morgan fingerprint density at radius 1 is 1.10 bits per heavy atom. The largest absolute Gasteiger partial charge is 0.494 e. The standard InChI is InChI=1S/C19H17FN4O5S/c1-29-17-11-13(5-8-15(17)23-30(2,27)28)21-19(26)16-9-10-18(25)24(22-16)14-6-3-12(20)4-7-14/h3-11,23H,1-2H3,(H,21,26). The fourth-order valence-corrected chi connectivity index (χ4v) is 3.12. The number of hydrogen-bond donors (Lipinski definition) is 2. The van der Waals surface area contributed by atoms with Gasteiger partial charge in [-0.15, -0.1) is 0 Å². The quantitative estimate of drug-likeness (QED) is 0.615. The summed E-state index contributed by atoms with van der Waals surface area (Å²) in [6.45, 7) is 0. The summed E-state index contributed by atoms with van der Waals surface area (Å²) >= 11 is 0. The van der Waals surface area contributed by atoms with Gasteiger partial charge in [-0.05, 0) is 42.5 Å². The van der Waals surface area contributed by atoms with Gasteiger partial charge in [-0.1, -0.05) is 0 Å². The van der Waals surface area contributed by atoms with Crippen LogP contribution in [0, 0.1) is 5.82 Å². The van der Waals surface area contributed by atoms with E-state index in [4.69, 9.17) is 4.74 Å². The van der Waals surface area contributed by atoms with Gasteiger partial charge in [-0.3, -0.25) is 14.3 Å². The molecule has 3 aromatic rings. The van der Waals surface area contributed by atoms with Gasteiger partial charge >= 0.3 is 0 Å². The lowest BCUT2D eigenvalue weighted by Crippen LogP contribution is -2.24. The van der Waals surface area contributed by atoms with E-state index >= 15 is 0 Å². The van der Waals surface area contributed by atoms with Crippen LogP contribution in [0.2, 0.25) is 0 Å². The highest BCUT2D eigenvalue weighted by atomic mass is 32.2. The molecule has 0 atom stereocenters. The average molecular weight is 432 g/mol. The third-order valence-electron chi connectivity index (χ3n) is 3.86. The first-order chi connectivity index (χ1) is 14.2. The molecule has 0 fully saturated rings. The summed E-state index contributed by atoms with van der Waals surface area (Å²) in [5, 5.41) is 6.62. The number of carbonyl (C=O) groups is 1. The molecule has 3 rings (SSSR count). The van der Waals surface area contributed by atoms with Crippen LogP contribution in [0.3, 0.4) is 0 Å². The average Bonchev–Trinajstić information content (AvgIpc) is 2.69. The van der Waals surface area contributed by atoms with Crippen molar-refractivity contribution >= 4 is 27.3 Å². The van der Waals surface area contributed by atoms with Crippen LogP contribution in [0.4, 0.5) is 15.8 Å². The Bertz CT molecular complexity index is 1260. The second-order valence-electron chi connectivity index (χ2n) is 6.19. The minimum absolute atomic E-state index is 0.0590. The molecule has 0 unspecified atom stereocenters. The minimum Gasteiger partial charge on any atom is -0.494 e. The SMILES string of the molecule is COc1cc(NC(=O)c2ccc(=O)n(-c3ccc(F)cc3)n2)ccc1NS(C)(=O)=O. The number of nitrogens with zero attached hydrogens (tertiary/aromatic N) is 2. The number of sulfonamides is 1. The molecule has 30 heavy (non-hydrogen) atoms. The van der Waals surface area contributed by atoms with E-state index in [2.05, 4.69) is 15.1 Å². The maximum atomic E-state index is 13.1. The van der Waals surface area contributed by atoms with Crippen LogP contribution in [-0.4, -0.2) is 37.5 Å². The molecular weight excluding hydrogens is 415 g/mol. The number of ether oxygens (including phenoxy) is 1. The van der Waals surface area contributed by atoms with E-state index in [0.29, 0.717) is 11.4 Å². The molecule has 0 saturated carbocycles. The van der Waals surface area contributed by atoms with E-state index in [9.17, 15) is 22.4 Å². The number of carbonyl (C=O) groups excluding carboxylic acids is 1. The van der Waals surface area contributed by atoms with Gasteiger partial charge < -0.3 is 10.1 Å². The number of halogens is 1. The zero-order valence-electron chi connectivity index (χ0n) is 15.9. The fourth-order valence-electron chi connectivity index (χ4n) is 2.55. The lowest BCUT2D eigenvalue weighted by atomic mass is 10.2. The van der Waals surface area contributed by atoms with Crippen molar-refractivity contribution in [3.8, 4) is 11.4 Å². The Morgan fingerprint density at radius 3 is 2.43 bits per heavy atom. The van der Waals surface area contributed by atoms with Crippen LogP contribution < -0.4 is 20.3 Å². The molecule has 9 nitrogen and oxygen atoms in total. The zero-order chi connectivity index (χ0) is 21.9. The first-order valence-electron chi connectivity index (χ1n) is 8.50. The molecule has 1 aromatic heterocycles. The number of aromatic nitrogens is 2. The molecule has 0 saturated heterocycles. The summed E-state index contributed by atoms with van der Waals surface area (Å²) < 4.78 is 44.4. The van der Waals surface area contributed by atoms with Crippen LogP contribution >= 0.6 is 0 Å². The van der Waals surface area contributed by atoms with E-state index in [1.807, 2.05) is 0 Å². The second-order valence-corrected chi connectivity index (χ2v) is 7.94. The summed E-state index contributed by atoms with van der Waals surface area (Å²) in [4.78, 5) is 24.7. The van der Waals surface area contributed by atoms with Crippen molar-refractivity contribution in [3.63, 3.8) is 0 Å². The lowest BCUT2D eigenvalue weighted by Gasteiger charge is -2.12. The number of nitrogens with one attached hydrogen (secondary N) is 2. The fraction of sp³-hybridized carbons (Fsp3) is 0.105. The predicted octanol–water partition coefficient (Wildman–Crippen LogP) is 2.00. The maximum absolute atomic E-state index is 13.1. The molecule has 1 amide bonds. The Labute approximate surface area is 171 Å². The van der Waals surface area contributed by atoms with Crippen LogP contribution in [0.1, 0.15) is 10.5 Å². The topological polar surface area (TPSA) is 119 Å². The molecule has 0 aliphatic rings. The number of rotatable bonds is 6. The molecule has 0 spiro atoms. The molecule has 0 bridgehead atoms. The molecule has 0 aliphatic carbocycles. The van der Waals surface area contributed by atoms with E-state index in [-0.39, 0.29) is 17.1 Å². The van der Waals surface area contributed by atoms with E-state index < -0.39 is 27.3 Å². The Balaban J connectivity index is 1.86. The monoisotopic (exact) mass is 432 g/mol. The minimum atomic E-state index is -3.51. The normalized spacial score (nSPS) is 11.0. The molecule has 11 heteroatoms. The summed E-state index contributed by atoms with van der Waals surface area (Å²) in [6, 6.07) is 11.9. The summed E-state index contributed by atoms with van der Waals surface area (Å²) in [6.07, 6.45) is 1.00. The van der Waals surface area contributed by atoms with E-state index in [1.54, 1.807) is 0 Å². The number of amides is 1. The molecule has 0 aliphatic heterocycles. The van der Waals surface area contributed by atoms with Crippen LogP contribution in [0.15, 0.2) is 59.4 Å². The van der Waals surface area contributed by atoms with Crippen LogP contribution in [0.5, 0.6) is 5.75 Å². The van der Waals surface area contributed by atoms with Gasteiger partial charge in [0.15, 0.2) is 0 Å². The van der Waals surface area contributed by atoms with E-state index in [1.165, 1.54) is 61.7 Å². The highest BCUT2D eigenvalue weighted by Crippen LogP contribution is 2.28. The van der Waals surface area contributed by atoms with Gasteiger partial charge in [-0.2, -0.15) is 9.78 Å². The van der Waals surface area contributed by atoms with Crippen LogP contribution in [0.25, 0.3) is 5.69 Å². The number of benzene rings is 2. The number of hydrogen-bond acceptors (Lipinski definition) is 6. The number of methoxy groups -OCH3 is 1. The van der Waals surface area contributed by atoms with Crippen molar-refractivity contribution in [1.29, 1.82) is 0 Å². The van der Waals surface area contributed by atoms with Crippen molar-refractivity contribution in [3.05, 3.63) is 76.5 Å². The Hall–Kier alpha value is -3.73. The van der Waals surface area contributed by atoms with Crippen molar-refractivity contribution in [2.24, 2.45) is 0 Å². The zero-order valence-corrected chi connectivity index (χ0v) is 16.7. The third kappa shape index (κ3) is 5.00. The second kappa shape index (κ2) is 8.33. The highest BCUT2D eigenvalue weighted by molar-refractivity contribution is 7.92. The predicted molar refractivity (Wildman–Crippen MR) is 109 cm³/mol. The molecule has 1 heterocycles. The molecular formula is C19H17FN4O5S. The van der Waals surface area contributed by atoms with Crippen molar-refractivity contribution in [2.75, 3.05) is 23.4 Å². The molecule has 156 valence electrons.